The molecule has 2 fully saturated rings. The molecule has 0 saturated carbocycles. The normalized spacial score (nSPS) is 28.1. The first-order chi connectivity index (χ1) is 6.84. The van der Waals surface area contributed by atoms with E-state index in [-0.39, 0.29) is 11.9 Å². The zero-order valence-corrected chi connectivity index (χ0v) is 8.42. The SMILES string of the molecule is O=C(CC1CNC1)NC1CCCOC1. The van der Waals surface area contributed by atoms with E-state index < -0.39 is 0 Å². The van der Waals surface area contributed by atoms with Crippen molar-refractivity contribution in [2.45, 2.75) is 25.3 Å². The first kappa shape index (κ1) is 9.93. The maximum atomic E-state index is 11.5. The lowest BCUT2D eigenvalue weighted by molar-refractivity contribution is -0.124. The lowest BCUT2D eigenvalue weighted by Crippen LogP contribution is -2.47. The summed E-state index contributed by atoms with van der Waals surface area (Å²) in [5.41, 5.74) is 0. The second-order valence-corrected chi connectivity index (χ2v) is 4.21. The Balaban J connectivity index is 1.64. The average molecular weight is 198 g/mol. The van der Waals surface area contributed by atoms with Gasteiger partial charge in [-0.1, -0.05) is 0 Å². The number of hydrogen-bond acceptors (Lipinski definition) is 3. The molecule has 2 heterocycles. The van der Waals surface area contributed by atoms with Crippen molar-refractivity contribution in [2.24, 2.45) is 5.92 Å². The monoisotopic (exact) mass is 198 g/mol. The van der Waals surface area contributed by atoms with E-state index in [0.717, 1.165) is 32.5 Å². The third-order valence-corrected chi connectivity index (χ3v) is 2.87. The lowest BCUT2D eigenvalue weighted by Gasteiger charge is -2.28. The fourth-order valence-corrected chi connectivity index (χ4v) is 1.90. The number of hydrogen-bond donors (Lipinski definition) is 2. The maximum Gasteiger partial charge on any atom is 0.220 e. The van der Waals surface area contributed by atoms with Crippen LogP contribution < -0.4 is 10.6 Å². The van der Waals surface area contributed by atoms with Gasteiger partial charge in [-0.3, -0.25) is 4.79 Å². The topological polar surface area (TPSA) is 50.4 Å². The smallest absolute Gasteiger partial charge is 0.220 e. The Hall–Kier alpha value is -0.610. The van der Waals surface area contributed by atoms with Gasteiger partial charge in [-0.05, 0) is 31.8 Å². The fourth-order valence-electron chi connectivity index (χ4n) is 1.90. The molecule has 4 nitrogen and oxygen atoms in total. The Morgan fingerprint density at radius 2 is 2.36 bits per heavy atom. The summed E-state index contributed by atoms with van der Waals surface area (Å²) < 4.78 is 5.30. The zero-order chi connectivity index (χ0) is 9.80. The number of ether oxygens (including phenoxy) is 1. The average Bonchev–Trinajstić information content (AvgIpc) is 2.13. The van der Waals surface area contributed by atoms with Crippen molar-refractivity contribution in [1.29, 1.82) is 0 Å². The molecule has 1 amide bonds. The largest absolute Gasteiger partial charge is 0.379 e. The molecule has 2 saturated heterocycles. The van der Waals surface area contributed by atoms with Gasteiger partial charge in [0.1, 0.15) is 0 Å². The van der Waals surface area contributed by atoms with E-state index in [1.807, 2.05) is 0 Å². The molecule has 0 aromatic carbocycles. The summed E-state index contributed by atoms with van der Waals surface area (Å²) in [7, 11) is 0. The fraction of sp³-hybridized carbons (Fsp3) is 0.900. The molecule has 2 N–H and O–H groups in total. The zero-order valence-electron chi connectivity index (χ0n) is 8.42. The van der Waals surface area contributed by atoms with E-state index >= 15 is 0 Å². The minimum atomic E-state index is 0.187. The first-order valence-electron chi connectivity index (χ1n) is 5.42. The molecule has 80 valence electrons. The summed E-state index contributed by atoms with van der Waals surface area (Å²) in [5.74, 6) is 0.742. The van der Waals surface area contributed by atoms with Crippen molar-refractivity contribution in [1.82, 2.24) is 10.6 Å². The highest BCUT2D eigenvalue weighted by molar-refractivity contribution is 5.76. The van der Waals surface area contributed by atoms with Crippen LogP contribution in [0.15, 0.2) is 0 Å². The van der Waals surface area contributed by atoms with Crippen LogP contribution in [0, 0.1) is 5.92 Å². The van der Waals surface area contributed by atoms with E-state index in [9.17, 15) is 4.79 Å². The molecule has 0 aromatic heterocycles. The summed E-state index contributed by atoms with van der Waals surface area (Å²) in [5, 5.41) is 6.19. The van der Waals surface area contributed by atoms with Gasteiger partial charge in [-0.15, -0.1) is 0 Å². The highest BCUT2D eigenvalue weighted by Crippen LogP contribution is 2.10. The number of rotatable bonds is 3. The molecule has 0 aromatic rings. The van der Waals surface area contributed by atoms with Crippen LogP contribution in [0.25, 0.3) is 0 Å². The summed E-state index contributed by atoms with van der Waals surface area (Å²) in [6, 6.07) is 0.254. The van der Waals surface area contributed by atoms with Crippen molar-refractivity contribution >= 4 is 5.91 Å². The minimum Gasteiger partial charge on any atom is -0.379 e. The van der Waals surface area contributed by atoms with Crippen LogP contribution >= 0.6 is 0 Å². The second kappa shape index (κ2) is 4.75. The predicted octanol–water partition coefficient (Wildman–Crippen LogP) is -0.109. The molecular formula is C10H18N2O2. The van der Waals surface area contributed by atoms with Gasteiger partial charge in [-0.2, -0.15) is 0 Å². The van der Waals surface area contributed by atoms with Gasteiger partial charge in [0, 0.05) is 13.0 Å². The molecule has 2 rings (SSSR count). The Labute approximate surface area is 84.4 Å². The van der Waals surface area contributed by atoms with E-state index in [0.29, 0.717) is 18.9 Å². The van der Waals surface area contributed by atoms with Crippen molar-refractivity contribution < 1.29 is 9.53 Å². The molecule has 1 unspecified atom stereocenters. The molecule has 14 heavy (non-hydrogen) atoms. The van der Waals surface area contributed by atoms with Gasteiger partial charge in [-0.25, -0.2) is 0 Å². The Bertz CT molecular complexity index is 198. The summed E-state index contributed by atoms with van der Waals surface area (Å²) in [6.07, 6.45) is 2.80. The molecule has 1 atom stereocenters. The van der Waals surface area contributed by atoms with Crippen LogP contribution in [-0.4, -0.2) is 38.3 Å². The van der Waals surface area contributed by atoms with Crippen molar-refractivity contribution in [3.8, 4) is 0 Å². The molecule has 4 heteroatoms. The standard InChI is InChI=1S/C10H18N2O2/c13-10(4-8-5-11-6-8)12-9-2-1-3-14-7-9/h8-9,11H,1-7H2,(H,12,13). The molecular weight excluding hydrogens is 180 g/mol. The first-order valence-corrected chi connectivity index (χ1v) is 5.42. The molecule has 0 spiro atoms. The van der Waals surface area contributed by atoms with Gasteiger partial charge < -0.3 is 15.4 Å². The molecule has 2 aliphatic rings. The van der Waals surface area contributed by atoms with Crippen molar-refractivity contribution in [2.75, 3.05) is 26.3 Å². The van der Waals surface area contributed by atoms with E-state index in [4.69, 9.17) is 4.74 Å². The van der Waals surface area contributed by atoms with Gasteiger partial charge in [0.25, 0.3) is 0 Å². The van der Waals surface area contributed by atoms with Crippen LogP contribution in [0.3, 0.4) is 0 Å². The van der Waals surface area contributed by atoms with Gasteiger partial charge in [0.2, 0.25) is 5.91 Å². The second-order valence-electron chi connectivity index (χ2n) is 4.21. The molecule has 0 aliphatic carbocycles. The number of carbonyl (C=O) groups is 1. The van der Waals surface area contributed by atoms with Crippen LogP contribution in [-0.2, 0) is 9.53 Å². The third kappa shape index (κ3) is 2.69. The highest BCUT2D eigenvalue weighted by atomic mass is 16.5. The summed E-state index contributed by atoms with van der Waals surface area (Å²) in [4.78, 5) is 11.5. The van der Waals surface area contributed by atoms with E-state index in [2.05, 4.69) is 10.6 Å². The number of carbonyl (C=O) groups excluding carboxylic acids is 1. The molecule has 0 bridgehead atoms. The van der Waals surface area contributed by atoms with Gasteiger partial charge in [0.15, 0.2) is 0 Å². The Morgan fingerprint density at radius 1 is 1.50 bits per heavy atom. The predicted molar refractivity (Wildman–Crippen MR) is 53.0 cm³/mol. The van der Waals surface area contributed by atoms with Crippen molar-refractivity contribution in [3.05, 3.63) is 0 Å². The molecule has 0 radical (unpaired) electrons. The third-order valence-electron chi connectivity index (χ3n) is 2.87. The van der Waals surface area contributed by atoms with E-state index in [1.165, 1.54) is 0 Å². The summed E-state index contributed by atoms with van der Waals surface area (Å²) in [6.45, 7) is 3.52. The quantitative estimate of drug-likeness (QED) is 0.665. The maximum absolute atomic E-state index is 11.5. The van der Waals surface area contributed by atoms with Crippen LogP contribution in [0.1, 0.15) is 19.3 Å². The Kier molecular flexibility index (Phi) is 3.37. The van der Waals surface area contributed by atoms with Crippen molar-refractivity contribution in [3.63, 3.8) is 0 Å². The number of amides is 1. The lowest BCUT2D eigenvalue weighted by atomic mass is 9.98. The van der Waals surface area contributed by atoms with E-state index in [1.54, 1.807) is 0 Å². The molecule has 2 aliphatic heterocycles. The number of nitrogens with one attached hydrogen (secondary N) is 2. The minimum absolute atomic E-state index is 0.187. The van der Waals surface area contributed by atoms with Gasteiger partial charge in [0.05, 0.1) is 12.6 Å². The van der Waals surface area contributed by atoms with Crippen LogP contribution in [0.2, 0.25) is 0 Å². The van der Waals surface area contributed by atoms with Crippen LogP contribution in [0.5, 0.6) is 0 Å². The van der Waals surface area contributed by atoms with Crippen LogP contribution in [0.4, 0.5) is 0 Å². The highest BCUT2D eigenvalue weighted by Gasteiger charge is 2.22. The Morgan fingerprint density at radius 3 is 2.93 bits per heavy atom. The van der Waals surface area contributed by atoms with Gasteiger partial charge >= 0.3 is 0 Å². The summed E-state index contributed by atoms with van der Waals surface area (Å²) >= 11 is 0.